The van der Waals surface area contributed by atoms with Crippen molar-refractivity contribution in [3.8, 4) is 5.75 Å². The minimum absolute atomic E-state index is 0.0170. The van der Waals surface area contributed by atoms with Crippen molar-refractivity contribution in [3.05, 3.63) is 59.4 Å². The number of benzene rings is 1. The Morgan fingerprint density at radius 3 is 2.59 bits per heavy atom. The lowest BCUT2D eigenvalue weighted by Gasteiger charge is -2.15. The van der Waals surface area contributed by atoms with E-state index in [9.17, 15) is 4.79 Å². The van der Waals surface area contributed by atoms with Crippen LogP contribution in [0.1, 0.15) is 18.9 Å². The molecule has 22 heavy (non-hydrogen) atoms. The Bertz CT molecular complexity index is 587. The number of aryl methyl sites for hydroxylation is 1. The molecule has 0 fully saturated rings. The van der Waals surface area contributed by atoms with Gasteiger partial charge in [0.25, 0.3) is 0 Å². The van der Waals surface area contributed by atoms with E-state index >= 15 is 0 Å². The highest BCUT2D eigenvalue weighted by atomic mass is 35.5. The number of nitrogens with one attached hydrogen (secondary N) is 1. The maximum Gasteiger partial charge on any atom is 0.220 e. The Balaban J connectivity index is 1.68. The number of ether oxygens (including phenoxy) is 1. The van der Waals surface area contributed by atoms with Gasteiger partial charge in [0, 0.05) is 23.8 Å². The minimum Gasteiger partial charge on any atom is -0.489 e. The normalized spacial score (nSPS) is 11.7. The van der Waals surface area contributed by atoms with E-state index in [1.165, 1.54) is 0 Å². The molecule has 0 aliphatic rings. The fourth-order valence-corrected chi connectivity index (χ4v) is 2.07. The lowest BCUT2D eigenvalue weighted by Crippen LogP contribution is -2.33. The van der Waals surface area contributed by atoms with Crippen molar-refractivity contribution in [2.75, 3.05) is 6.54 Å². The average Bonchev–Trinajstić information content (AvgIpc) is 2.54. The van der Waals surface area contributed by atoms with Crippen LogP contribution >= 0.6 is 11.6 Å². The zero-order valence-electron chi connectivity index (χ0n) is 12.5. The summed E-state index contributed by atoms with van der Waals surface area (Å²) in [5, 5.41) is 3.55. The highest BCUT2D eigenvalue weighted by molar-refractivity contribution is 6.30. The maximum absolute atomic E-state index is 11.8. The largest absolute Gasteiger partial charge is 0.489 e. The molecule has 1 heterocycles. The number of pyridine rings is 1. The molecule has 4 nitrogen and oxygen atoms in total. The third-order valence-corrected chi connectivity index (χ3v) is 3.38. The number of aromatic nitrogens is 1. The lowest BCUT2D eigenvalue weighted by molar-refractivity contribution is -0.121. The van der Waals surface area contributed by atoms with E-state index in [0.29, 0.717) is 24.4 Å². The van der Waals surface area contributed by atoms with Crippen LogP contribution in [0.3, 0.4) is 0 Å². The first kappa shape index (κ1) is 16.3. The quantitative estimate of drug-likeness (QED) is 0.852. The molecule has 1 aromatic carbocycles. The first-order valence-electron chi connectivity index (χ1n) is 7.21. The summed E-state index contributed by atoms with van der Waals surface area (Å²) in [5.74, 6) is 0.756. The van der Waals surface area contributed by atoms with Crippen LogP contribution in [-0.2, 0) is 11.2 Å². The number of nitrogens with zero attached hydrogens (tertiary/aromatic N) is 1. The fraction of sp³-hybridized carbons (Fsp3) is 0.294. The summed E-state index contributed by atoms with van der Waals surface area (Å²) in [4.78, 5) is 15.8. The summed E-state index contributed by atoms with van der Waals surface area (Å²) in [6, 6.07) is 11.0. The van der Waals surface area contributed by atoms with Crippen LogP contribution < -0.4 is 10.1 Å². The Labute approximate surface area is 135 Å². The molecule has 0 bridgehead atoms. The standard InChI is InChI=1S/C17H19ClN2O2/c1-13(22-16-5-3-15(18)4-6-16)12-20-17(21)7-2-14-8-10-19-11-9-14/h3-6,8-11,13H,2,7,12H2,1H3,(H,20,21). The number of hydrogen-bond donors (Lipinski definition) is 1. The number of carbonyl (C=O) groups is 1. The molecule has 1 aromatic heterocycles. The summed E-state index contributed by atoms with van der Waals surface area (Å²) in [6.07, 6.45) is 4.52. The first-order valence-corrected chi connectivity index (χ1v) is 7.59. The van der Waals surface area contributed by atoms with E-state index in [4.69, 9.17) is 16.3 Å². The third kappa shape index (κ3) is 5.74. The molecule has 2 rings (SSSR count). The Morgan fingerprint density at radius 2 is 1.91 bits per heavy atom. The molecule has 0 saturated heterocycles. The van der Waals surface area contributed by atoms with Gasteiger partial charge in [-0.15, -0.1) is 0 Å². The first-order chi connectivity index (χ1) is 10.6. The monoisotopic (exact) mass is 318 g/mol. The van der Waals surface area contributed by atoms with Gasteiger partial charge in [0.15, 0.2) is 0 Å². The predicted octanol–water partition coefficient (Wildman–Crippen LogP) is 3.25. The average molecular weight is 319 g/mol. The van der Waals surface area contributed by atoms with E-state index < -0.39 is 0 Å². The van der Waals surface area contributed by atoms with Gasteiger partial charge in [-0.05, 0) is 55.3 Å². The highest BCUT2D eigenvalue weighted by Gasteiger charge is 2.07. The summed E-state index contributed by atoms with van der Waals surface area (Å²) in [6.45, 7) is 2.38. The zero-order chi connectivity index (χ0) is 15.8. The number of carbonyl (C=O) groups excluding carboxylic acids is 1. The van der Waals surface area contributed by atoms with Crippen molar-refractivity contribution >= 4 is 17.5 Å². The van der Waals surface area contributed by atoms with Gasteiger partial charge in [-0.3, -0.25) is 9.78 Å². The molecule has 1 atom stereocenters. The van der Waals surface area contributed by atoms with Crippen LogP contribution in [-0.4, -0.2) is 23.5 Å². The van der Waals surface area contributed by atoms with Gasteiger partial charge in [0.2, 0.25) is 5.91 Å². The van der Waals surface area contributed by atoms with Gasteiger partial charge in [-0.25, -0.2) is 0 Å². The number of rotatable bonds is 7. The zero-order valence-corrected chi connectivity index (χ0v) is 13.2. The van der Waals surface area contributed by atoms with Gasteiger partial charge in [0.05, 0.1) is 6.54 Å². The Morgan fingerprint density at radius 1 is 1.23 bits per heavy atom. The molecule has 1 unspecified atom stereocenters. The van der Waals surface area contributed by atoms with Crippen molar-refractivity contribution in [2.45, 2.75) is 25.9 Å². The molecule has 1 N–H and O–H groups in total. The van der Waals surface area contributed by atoms with Crippen molar-refractivity contribution in [1.82, 2.24) is 10.3 Å². The fourth-order valence-electron chi connectivity index (χ4n) is 1.94. The molecule has 1 amide bonds. The van der Waals surface area contributed by atoms with Gasteiger partial charge >= 0.3 is 0 Å². The SMILES string of the molecule is CC(CNC(=O)CCc1ccncc1)Oc1ccc(Cl)cc1. The second kappa shape index (κ2) is 8.39. The van der Waals surface area contributed by atoms with Crippen LogP contribution in [0.5, 0.6) is 5.75 Å². The van der Waals surface area contributed by atoms with Crippen molar-refractivity contribution < 1.29 is 9.53 Å². The summed E-state index contributed by atoms with van der Waals surface area (Å²) >= 11 is 5.82. The molecular formula is C17H19ClN2O2. The number of hydrogen-bond acceptors (Lipinski definition) is 3. The summed E-state index contributed by atoms with van der Waals surface area (Å²) < 4.78 is 5.70. The molecule has 0 aliphatic heterocycles. The molecule has 0 aliphatic carbocycles. The summed E-state index contributed by atoms with van der Waals surface area (Å²) in [5.41, 5.74) is 1.11. The van der Waals surface area contributed by atoms with Crippen LogP contribution in [0.2, 0.25) is 5.02 Å². The Kier molecular flexibility index (Phi) is 6.22. The molecule has 2 aromatic rings. The van der Waals surface area contributed by atoms with Crippen LogP contribution in [0.25, 0.3) is 0 Å². The van der Waals surface area contributed by atoms with E-state index in [0.717, 1.165) is 11.3 Å². The summed E-state index contributed by atoms with van der Waals surface area (Å²) in [7, 11) is 0. The molecule has 0 radical (unpaired) electrons. The maximum atomic E-state index is 11.8. The number of halogens is 1. The Hall–Kier alpha value is -2.07. The van der Waals surface area contributed by atoms with Crippen LogP contribution in [0, 0.1) is 0 Å². The van der Waals surface area contributed by atoms with E-state index in [2.05, 4.69) is 10.3 Å². The van der Waals surface area contributed by atoms with Gasteiger partial charge < -0.3 is 10.1 Å². The van der Waals surface area contributed by atoms with Crippen LogP contribution in [0.4, 0.5) is 0 Å². The molecule has 5 heteroatoms. The van der Waals surface area contributed by atoms with Crippen molar-refractivity contribution in [2.24, 2.45) is 0 Å². The van der Waals surface area contributed by atoms with E-state index in [1.807, 2.05) is 31.2 Å². The second-order valence-electron chi connectivity index (χ2n) is 5.04. The van der Waals surface area contributed by atoms with Crippen LogP contribution in [0.15, 0.2) is 48.8 Å². The van der Waals surface area contributed by atoms with Gasteiger partial charge in [-0.1, -0.05) is 11.6 Å². The van der Waals surface area contributed by atoms with Gasteiger partial charge in [-0.2, -0.15) is 0 Å². The second-order valence-corrected chi connectivity index (χ2v) is 5.48. The smallest absolute Gasteiger partial charge is 0.220 e. The third-order valence-electron chi connectivity index (χ3n) is 3.13. The highest BCUT2D eigenvalue weighted by Crippen LogP contribution is 2.16. The van der Waals surface area contributed by atoms with E-state index in [-0.39, 0.29) is 12.0 Å². The van der Waals surface area contributed by atoms with Crippen molar-refractivity contribution in [1.29, 1.82) is 0 Å². The van der Waals surface area contributed by atoms with E-state index in [1.54, 1.807) is 24.5 Å². The van der Waals surface area contributed by atoms with Gasteiger partial charge in [0.1, 0.15) is 11.9 Å². The predicted molar refractivity (Wildman–Crippen MR) is 87.1 cm³/mol. The lowest BCUT2D eigenvalue weighted by atomic mass is 10.1. The topological polar surface area (TPSA) is 51.2 Å². The minimum atomic E-state index is -0.106. The number of amides is 1. The van der Waals surface area contributed by atoms with Crippen molar-refractivity contribution in [3.63, 3.8) is 0 Å². The molecular weight excluding hydrogens is 300 g/mol. The molecule has 0 saturated carbocycles. The molecule has 116 valence electrons. The molecule has 0 spiro atoms.